The van der Waals surface area contributed by atoms with Crippen LogP contribution >= 0.6 is 11.3 Å². The Morgan fingerprint density at radius 3 is 2.81 bits per heavy atom. The largest absolute Gasteiger partial charge is 0.338 e. The van der Waals surface area contributed by atoms with Gasteiger partial charge < -0.3 is 10.6 Å². The summed E-state index contributed by atoms with van der Waals surface area (Å²) in [4.78, 5) is 13.0. The Bertz CT molecular complexity index is 644. The Labute approximate surface area is 128 Å². The molecule has 0 bridgehead atoms. The Kier molecular flexibility index (Phi) is 5.46. The normalized spacial score (nSPS) is 11.9. The van der Waals surface area contributed by atoms with E-state index in [9.17, 15) is 13.4 Å². The minimum absolute atomic E-state index is 0.124. The fourth-order valence-corrected chi connectivity index (χ4v) is 3.04. The summed E-state index contributed by atoms with van der Waals surface area (Å²) < 4.78 is 24.9. The van der Waals surface area contributed by atoms with Crippen molar-refractivity contribution in [2.45, 2.75) is 11.3 Å². The molecule has 112 valence electrons. The van der Waals surface area contributed by atoms with Crippen molar-refractivity contribution in [2.24, 2.45) is 0 Å². The van der Waals surface area contributed by atoms with Crippen molar-refractivity contribution < 1.29 is 13.4 Å². The minimum atomic E-state index is -1.39. The van der Waals surface area contributed by atoms with E-state index in [1.54, 1.807) is 11.3 Å². The summed E-state index contributed by atoms with van der Waals surface area (Å²) in [5.74, 6) is -0.591. The maximum Gasteiger partial charge on any atom is 0.319 e. The number of halogens is 1. The fraction of sp³-hybridized carbons (Fsp3) is 0.214. The topological polar surface area (TPSA) is 58.2 Å². The van der Waals surface area contributed by atoms with Gasteiger partial charge in [0, 0.05) is 23.4 Å². The van der Waals surface area contributed by atoms with Gasteiger partial charge in [-0.3, -0.25) is 4.21 Å². The number of rotatable bonds is 5. The molecule has 0 unspecified atom stereocenters. The molecule has 2 N–H and O–H groups in total. The van der Waals surface area contributed by atoms with E-state index in [1.165, 1.54) is 23.3 Å². The minimum Gasteiger partial charge on any atom is -0.338 e. The second-order valence-corrected chi connectivity index (χ2v) is 6.69. The Hall–Kier alpha value is -1.73. The molecule has 0 aliphatic rings. The van der Waals surface area contributed by atoms with E-state index in [4.69, 9.17) is 0 Å². The van der Waals surface area contributed by atoms with Crippen LogP contribution in [0.2, 0.25) is 0 Å². The lowest BCUT2D eigenvalue weighted by molar-refractivity contribution is 0.252. The van der Waals surface area contributed by atoms with Crippen LogP contribution in [-0.4, -0.2) is 23.0 Å². The molecule has 1 aromatic carbocycles. The van der Waals surface area contributed by atoms with Crippen LogP contribution in [0, 0.1) is 5.82 Å². The summed E-state index contributed by atoms with van der Waals surface area (Å²) in [7, 11) is -1.39. The molecule has 1 atom stereocenters. The Morgan fingerprint density at radius 1 is 1.38 bits per heavy atom. The molecule has 0 saturated heterocycles. The van der Waals surface area contributed by atoms with E-state index in [0.29, 0.717) is 12.2 Å². The van der Waals surface area contributed by atoms with Gasteiger partial charge >= 0.3 is 6.03 Å². The molecule has 0 saturated carbocycles. The molecule has 2 rings (SSSR count). The van der Waals surface area contributed by atoms with Gasteiger partial charge in [-0.05, 0) is 36.1 Å². The molecule has 2 amide bonds. The summed E-state index contributed by atoms with van der Waals surface area (Å²) in [6, 6.07) is 7.67. The first-order chi connectivity index (χ1) is 10.1. The number of nitrogens with one attached hydrogen (secondary N) is 2. The molecule has 0 aliphatic heterocycles. The third-order valence-corrected chi connectivity index (χ3v) is 4.62. The molecule has 7 heteroatoms. The highest BCUT2D eigenvalue weighted by atomic mass is 32.2. The number of hydrogen-bond donors (Lipinski definition) is 2. The molecule has 2 aromatic rings. The monoisotopic (exact) mass is 326 g/mol. The standard InChI is InChI=1S/C14H15FN2O2S2/c1-21(19)13-5-4-10(9-12(13)15)17-14(18)16-7-6-11-3-2-8-20-11/h2-5,8-9H,6-7H2,1H3,(H2,16,17,18)/t21-/m0/s1. The number of thiophene rings is 1. The molecule has 0 spiro atoms. The molecular weight excluding hydrogens is 311 g/mol. The van der Waals surface area contributed by atoms with E-state index in [1.807, 2.05) is 17.5 Å². The maximum absolute atomic E-state index is 13.6. The van der Waals surface area contributed by atoms with Crippen LogP contribution in [0.3, 0.4) is 0 Å². The number of carbonyl (C=O) groups excluding carboxylic acids is 1. The maximum atomic E-state index is 13.6. The highest BCUT2D eigenvalue weighted by Gasteiger charge is 2.08. The van der Waals surface area contributed by atoms with Crippen LogP contribution < -0.4 is 10.6 Å². The van der Waals surface area contributed by atoms with Crippen LogP contribution in [0.15, 0.2) is 40.6 Å². The average Bonchev–Trinajstić information content (AvgIpc) is 2.91. The summed E-state index contributed by atoms with van der Waals surface area (Å²) in [6.45, 7) is 0.506. The van der Waals surface area contributed by atoms with Gasteiger partial charge in [0.25, 0.3) is 0 Å². The van der Waals surface area contributed by atoms with Crippen molar-refractivity contribution >= 4 is 33.9 Å². The van der Waals surface area contributed by atoms with Gasteiger partial charge in [0.2, 0.25) is 0 Å². The zero-order chi connectivity index (χ0) is 15.2. The Morgan fingerprint density at radius 2 is 2.19 bits per heavy atom. The zero-order valence-corrected chi connectivity index (χ0v) is 13.0. The third kappa shape index (κ3) is 4.64. The Balaban J connectivity index is 1.85. The van der Waals surface area contributed by atoms with Crippen LogP contribution in [0.1, 0.15) is 4.88 Å². The lowest BCUT2D eigenvalue weighted by Gasteiger charge is -2.08. The van der Waals surface area contributed by atoms with E-state index in [-0.39, 0.29) is 4.90 Å². The fourth-order valence-electron chi connectivity index (χ4n) is 1.74. The molecule has 1 heterocycles. The first-order valence-corrected chi connectivity index (χ1v) is 8.70. The number of carbonyl (C=O) groups is 1. The highest BCUT2D eigenvalue weighted by Crippen LogP contribution is 2.17. The smallest absolute Gasteiger partial charge is 0.319 e. The first-order valence-electron chi connectivity index (χ1n) is 6.26. The van der Waals surface area contributed by atoms with Gasteiger partial charge in [-0.15, -0.1) is 11.3 Å². The second kappa shape index (κ2) is 7.33. The average molecular weight is 326 g/mol. The van der Waals surface area contributed by atoms with Gasteiger partial charge in [0.05, 0.1) is 15.7 Å². The van der Waals surface area contributed by atoms with Crippen LogP contribution in [0.4, 0.5) is 14.9 Å². The van der Waals surface area contributed by atoms with Crippen molar-refractivity contribution in [1.29, 1.82) is 0 Å². The molecule has 0 radical (unpaired) electrons. The quantitative estimate of drug-likeness (QED) is 0.887. The van der Waals surface area contributed by atoms with Gasteiger partial charge in [-0.2, -0.15) is 0 Å². The third-order valence-electron chi connectivity index (χ3n) is 2.74. The van der Waals surface area contributed by atoms with E-state index < -0.39 is 22.6 Å². The second-order valence-electron chi connectivity index (χ2n) is 4.31. The van der Waals surface area contributed by atoms with Gasteiger partial charge in [-0.25, -0.2) is 9.18 Å². The summed E-state index contributed by atoms with van der Waals surface area (Å²) in [6.07, 6.45) is 2.16. The number of hydrogen-bond acceptors (Lipinski definition) is 3. The van der Waals surface area contributed by atoms with Crippen LogP contribution in [0.25, 0.3) is 0 Å². The summed E-state index contributed by atoms with van der Waals surface area (Å²) >= 11 is 1.63. The van der Waals surface area contributed by atoms with Crippen LogP contribution in [0.5, 0.6) is 0 Å². The molecular formula is C14H15FN2O2S2. The lowest BCUT2D eigenvalue weighted by atomic mass is 10.3. The van der Waals surface area contributed by atoms with Gasteiger partial charge in [-0.1, -0.05) is 6.07 Å². The molecule has 0 aliphatic carbocycles. The van der Waals surface area contributed by atoms with Crippen molar-refractivity contribution in [3.05, 3.63) is 46.4 Å². The van der Waals surface area contributed by atoms with Crippen LogP contribution in [-0.2, 0) is 17.2 Å². The summed E-state index contributed by atoms with van der Waals surface area (Å²) in [5.41, 5.74) is 0.329. The summed E-state index contributed by atoms with van der Waals surface area (Å²) in [5, 5.41) is 7.23. The van der Waals surface area contributed by atoms with Crippen molar-refractivity contribution in [3.63, 3.8) is 0 Å². The molecule has 1 aromatic heterocycles. The molecule has 0 fully saturated rings. The number of benzene rings is 1. The lowest BCUT2D eigenvalue weighted by Crippen LogP contribution is -2.30. The molecule has 21 heavy (non-hydrogen) atoms. The van der Waals surface area contributed by atoms with Gasteiger partial charge in [0.15, 0.2) is 0 Å². The van der Waals surface area contributed by atoms with E-state index in [2.05, 4.69) is 10.6 Å². The van der Waals surface area contributed by atoms with Crippen molar-refractivity contribution in [2.75, 3.05) is 18.1 Å². The van der Waals surface area contributed by atoms with Crippen molar-refractivity contribution in [1.82, 2.24) is 5.32 Å². The SMILES string of the molecule is C[S@](=O)c1ccc(NC(=O)NCCc2cccs2)cc1F. The van der Waals surface area contributed by atoms with Crippen molar-refractivity contribution in [3.8, 4) is 0 Å². The van der Waals surface area contributed by atoms with E-state index in [0.717, 1.165) is 12.5 Å². The highest BCUT2D eigenvalue weighted by molar-refractivity contribution is 7.84. The van der Waals surface area contributed by atoms with Gasteiger partial charge in [0.1, 0.15) is 5.82 Å². The zero-order valence-electron chi connectivity index (χ0n) is 11.4. The number of urea groups is 1. The number of anilines is 1. The predicted molar refractivity (Wildman–Crippen MR) is 83.8 cm³/mol. The molecule has 4 nitrogen and oxygen atoms in total. The predicted octanol–water partition coefficient (Wildman–Crippen LogP) is 2.99. The first kappa shape index (κ1) is 15.7. The number of amides is 2. The van der Waals surface area contributed by atoms with E-state index >= 15 is 0 Å².